The number of hydrogen-bond acceptors (Lipinski definition) is 4. The lowest BCUT2D eigenvalue weighted by molar-refractivity contribution is -0.131. The van der Waals surface area contributed by atoms with E-state index in [1.165, 1.54) is 10.2 Å². The molecule has 2 aromatic rings. The highest BCUT2D eigenvalue weighted by molar-refractivity contribution is 5.76. The van der Waals surface area contributed by atoms with Crippen LogP contribution in [0.25, 0.3) is 5.69 Å². The molecule has 138 valence electrons. The van der Waals surface area contributed by atoms with Crippen LogP contribution in [0.4, 0.5) is 5.82 Å². The number of piperazine rings is 1. The van der Waals surface area contributed by atoms with E-state index in [0.717, 1.165) is 24.6 Å². The molecule has 3 rings (SSSR count). The highest BCUT2D eigenvalue weighted by Crippen LogP contribution is 2.17. The van der Waals surface area contributed by atoms with E-state index >= 15 is 0 Å². The second kappa shape index (κ2) is 7.72. The average Bonchev–Trinajstić information content (AvgIpc) is 2.68. The van der Waals surface area contributed by atoms with Crippen molar-refractivity contribution in [3.63, 3.8) is 0 Å². The van der Waals surface area contributed by atoms with E-state index in [9.17, 15) is 9.59 Å². The van der Waals surface area contributed by atoms with E-state index < -0.39 is 0 Å². The Morgan fingerprint density at radius 1 is 1.04 bits per heavy atom. The number of benzene rings is 1. The summed E-state index contributed by atoms with van der Waals surface area (Å²) in [5.41, 5.74) is 1.85. The van der Waals surface area contributed by atoms with Crippen molar-refractivity contribution in [1.82, 2.24) is 14.7 Å². The van der Waals surface area contributed by atoms with Crippen LogP contribution in [0.3, 0.4) is 0 Å². The molecule has 6 heteroatoms. The van der Waals surface area contributed by atoms with Crippen LogP contribution in [0.2, 0.25) is 0 Å². The molecule has 0 unspecified atom stereocenters. The van der Waals surface area contributed by atoms with Gasteiger partial charge in [-0.2, -0.15) is 4.68 Å². The van der Waals surface area contributed by atoms with Crippen LogP contribution in [-0.2, 0) is 4.79 Å². The average molecular weight is 354 g/mol. The summed E-state index contributed by atoms with van der Waals surface area (Å²) in [6, 6.07) is 11.3. The quantitative estimate of drug-likeness (QED) is 0.846. The van der Waals surface area contributed by atoms with Gasteiger partial charge in [-0.25, -0.2) is 0 Å². The summed E-state index contributed by atoms with van der Waals surface area (Å²) >= 11 is 0. The Balaban J connectivity index is 1.80. The third-order valence-electron chi connectivity index (χ3n) is 4.85. The Morgan fingerprint density at radius 2 is 1.69 bits per heavy atom. The first-order valence-electron chi connectivity index (χ1n) is 9.23. The van der Waals surface area contributed by atoms with Crippen LogP contribution in [0, 0.1) is 0 Å². The van der Waals surface area contributed by atoms with Gasteiger partial charge in [-0.1, -0.05) is 32.9 Å². The van der Waals surface area contributed by atoms with E-state index in [2.05, 4.69) is 23.8 Å². The molecule has 26 heavy (non-hydrogen) atoms. The van der Waals surface area contributed by atoms with Crippen molar-refractivity contribution in [3.05, 3.63) is 52.3 Å². The van der Waals surface area contributed by atoms with Crippen LogP contribution < -0.4 is 10.5 Å². The second-order valence-corrected chi connectivity index (χ2v) is 6.91. The Kier molecular flexibility index (Phi) is 5.40. The highest BCUT2D eigenvalue weighted by Gasteiger charge is 2.21. The summed E-state index contributed by atoms with van der Waals surface area (Å²) in [4.78, 5) is 28.1. The van der Waals surface area contributed by atoms with Crippen molar-refractivity contribution in [1.29, 1.82) is 0 Å². The summed E-state index contributed by atoms with van der Waals surface area (Å²) < 4.78 is 1.45. The summed E-state index contributed by atoms with van der Waals surface area (Å²) in [6.45, 7) is 9.00. The molecule has 1 aliphatic rings. The van der Waals surface area contributed by atoms with Gasteiger partial charge in [0.2, 0.25) is 5.91 Å². The molecule has 1 fully saturated rings. The predicted octanol–water partition coefficient (Wildman–Crippen LogP) is 2.41. The van der Waals surface area contributed by atoms with Crippen LogP contribution in [-0.4, -0.2) is 46.8 Å². The summed E-state index contributed by atoms with van der Waals surface area (Å²) in [6.07, 6.45) is 0.537. The minimum atomic E-state index is -0.147. The van der Waals surface area contributed by atoms with Crippen LogP contribution in [0.15, 0.2) is 41.2 Å². The molecule has 1 aliphatic heterocycles. The summed E-state index contributed by atoms with van der Waals surface area (Å²) in [5.74, 6) is 1.40. The lowest BCUT2D eigenvalue weighted by Gasteiger charge is -2.35. The van der Waals surface area contributed by atoms with Crippen LogP contribution >= 0.6 is 0 Å². The van der Waals surface area contributed by atoms with Crippen molar-refractivity contribution >= 4 is 11.7 Å². The van der Waals surface area contributed by atoms with Crippen molar-refractivity contribution in [2.24, 2.45) is 0 Å². The number of carbonyl (C=O) groups is 1. The van der Waals surface area contributed by atoms with Crippen molar-refractivity contribution in [2.45, 2.75) is 33.1 Å². The third kappa shape index (κ3) is 3.79. The molecule has 0 radical (unpaired) electrons. The summed E-state index contributed by atoms with van der Waals surface area (Å²) in [7, 11) is 0. The van der Waals surface area contributed by atoms with E-state index in [1.807, 2.05) is 36.1 Å². The Morgan fingerprint density at radius 3 is 2.27 bits per heavy atom. The molecule has 0 atom stereocenters. The zero-order valence-corrected chi connectivity index (χ0v) is 15.7. The minimum Gasteiger partial charge on any atom is -0.352 e. The maximum absolute atomic E-state index is 12.3. The fraction of sp³-hybridized carbons (Fsp3) is 0.450. The van der Waals surface area contributed by atoms with E-state index in [1.54, 1.807) is 12.1 Å². The number of rotatable bonds is 4. The third-order valence-corrected chi connectivity index (χ3v) is 4.85. The molecular weight excluding hydrogens is 328 g/mol. The van der Waals surface area contributed by atoms with Crippen LogP contribution in [0.5, 0.6) is 0 Å². The first kappa shape index (κ1) is 18.2. The number of amides is 1. The van der Waals surface area contributed by atoms with E-state index in [0.29, 0.717) is 25.4 Å². The molecule has 1 aromatic carbocycles. The Labute approximate surface area is 154 Å². The first-order valence-corrected chi connectivity index (χ1v) is 9.23. The number of anilines is 1. The van der Waals surface area contributed by atoms with E-state index in [-0.39, 0.29) is 11.5 Å². The Hall–Kier alpha value is -2.63. The molecule has 0 bridgehead atoms. The zero-order chi connectivity index (χ0) is 18.7. The van der Waals surface area contributed by atoms with Gasteiger partial charge in [-0.3, -0.25) is 9.59 Å². The van der Waals surface area contributed by atoms with Crippen molar-refractivity contribution in [2.75, 3.05) is 31.1 Å². The smallest absolute Gasteiger partial charge is 0.271 e. The molecular formula is C20H26N4O2. The van der Waals surface area contributed by atoms with Gasteiger partial charge in [0.1, 0.15) is 5.82 Å². The maximum atomic E-state index is 12.3. The number of nitrogens with zero attached hydrogens (tertiary/aromatic N) is 4. The van der Waals surface area contributed by atoms with Gasteiger partial charge < -0.3 is 9.80 Å². The molecule has 0 spiro atoms. The topological polar surface area (TPSA) is 58.4 Å². The number of aromatic nitrogens is 2. The van der Waals surface area contributed by atoms with Crippen molar-refractivity contribution in [3.8, 4) is 5.69 Å². The molecule has 1 aromatic heterocycles. The fourth-order valence-electron chi connectivity index (χ4n) is 3.16. The normalized spacial score (nSPS) is 14.8. The lowest BCUT2D eigenvalue weighted by atomic mass is 10.0. The van der Waals surface area contributed by atoms with Gasteiger partial charge >= 0.3 is 0 Å². The van der Waals surface area contributed by atoms with Gasteiger partial charge in [0.15, 0.2) is 0 Å². The van der Waals surface area contributed by atoms with Crippen molar-refractivity contribution < 1.29 is 4.79 Å². The SMILES string of the molecule is CCC(=O)N1CCN(c2ccc(=O)n(-c3ccc(C(C)C)cc3)n2)CC1. The van der Waals surface area contributed by atoms with Gasteiger partial charge in [0, 0.05) is 38.7 Å². The molecule has 0 aliphatic carbocycles. The zero-order valence-electron chi connectivity index (χ0n) is 15.7. The lowest BCUT2D eigenvalue weighted by Crippen LogP contribution is -2.49. The molecule has 0 N–H and O–H groups in total. The number of hydrogen-bond donors (Lipinski definition) is 0. The standard InChI is InChI=1S/C20H26N4O2/c1-4-19(25)23-13-11-22(12-14-23)18-9-10-20(26)24(21-18)17-7-5-16(6-8-17)15(2)3/h5-10,15H,4,11-14H2,1-3H3. The molecule has 0 saturated carbocycles. The number of carbonyl (C=O) groups excluding carboxylic acids is 1. The van der Waals surface area contributed by atoms with Gasteiger partial charge in [0.05, 0.1) is 5.69 Å². The largest absolute Gasteiger partial charge is 0.352 e. The Bertz CT molecular complexity index is 818. The fourth-order valence-corrected chi connectivity index (χ4v) is 3.16. The van der Waals surface area contributed by atoms with Gasteiger partial charge in [0.25, 0.3) is 5.56 Å². The minimum absolute atomic E-state index is 0.147. The highest BCUT2D eigenvalue weighted by atomic mass is 16.2. The monoisotopic (exact) mass is 354 g/mol. The summed E-state index contributed by atoms with van der Waals surface area (Å²) in [5, 5.41) is 4.56. The van der Waals surface area contributed by atoms with E-state index in [4.69, 9.17) is 0 Å². The molecule has 1 saturated heterocycles. The second-order valence-electron chi connectivity index (χ2n) is 6.91. The maximum Gasteiger partial charge on any atom is 0.271 e. The van der Waals surface area contributed by atoms with Crippen LogP contribution in [0.1, 0.15) is 38.7 Å². The molecule has 2 heterocycles. The molecule has 6 nitrogen and oxygen atoms in total. The van der Waals surface area contributed by atoms with Gasteiger partial charge in [-0.15, -0.1) is 5.10 Å². The first-order chi connectivity index (χ1) is 12.5. The molecule has 1 amide bonds. The predicted molar refractivity (Wildman–Crippen MR) is 103 cm³/mol. The van der Waals surface area contributed by atoms with Gasteiger partial charge in [-0.05, 0) is 29.7 Å².